The summed E-state index contributed by atoms with van der Waals surface area (Å²) in [6, 6.07) is 5.59. The molecule has 0 radical (unpaired) electrons. The molecule has 1 amide bonds. The molecule has 3 nitrogen and oxygen atoms in total. The smallest absolute Gasteiger partial charge is 0.236 e. The number of carbonyl (C=O) groups excluding carboxylic acids is 1. The summed E-state index contributed by atoms with van der Waals surface area (Å²) in [6.45, 7) is 6.44. The molecule has 0 heterocycles. The van der Waals surface area contributed by atoms with Gasteiger partial charge in [-0.15, -0.1) is 0 Å². The average molecular weight is 317 g/mol. The number of carbonyl (C=O) groups is 1. The zero-order valence-corrected chi connectivity index (χ0v) is 13.9. The lowest BCUT2D eigenvalue weighted by molar-refractivity contribution is -0.130. The molecule has 5 heteroatoms. The summed E-state index contributed by atoms with van der Waals surface area (Å²) in [7, 11) is 1.79. The van der Waals surface area contributed by atoms with E-state index in [1.54, 1.807) is 24.1 Å². The molecule has 0 bridgehead atoms. The Morgan fingerprint density at radius 2 is 2.00 bits per heavy atom. The molecule has 1 aromatic carbocycles. The van der Waals surface area contributed by atoms with E-state index in [9.17, 15) is 4.79 Å². The predicted molar refractivity (Wildman–Crippen MR) is 85.4 cm³/mol. The van der Waals surface area contributed by atoms with Crippen molar-refractivity contribution in [1.29, 1.82) is 0 Å². The normalized spacial score (nSPS) is 13.9. The third-order valence-corrected chi connectivity index (χ3v) is 4.16. The van der Waals surface area contributed by atoms with E-state index < -0.39 is 0 Å². The summed E-state index contributed by atoms with van der Waals surface area (Å²) >= 11 is 12.1. The van der Waals surface area contributed by atoms with Gasteiger partial charge >= 0.3 is 0 Å². The first-order valence-electron chi connectivity index (χ1n) is 6.80. The highest BCUT2D eigenvalue weighted by atomic mass is 35.5. The molecule has 2 unspecified atom stereocenters. The third kappa shape index (κ3) is 4.65. The van der Waals surface area contributed by atoms with Crippen molar-refractivity contribution in [3.63, 3.8) is 0 Å². The minimum Gasteiger partial charge on any atom is -0.338 e. The molecular weight excluding hydrogens is 295 g/mol. The molecule has 0 spiro atoms. The highest BCUT2D eigenvalue weighted by molar-refractivity contribution is 6.35. The van der Waals surface area contributed by atoms with Crippen molar-refractivity contribution in [3.8, 4) is 0 Å². The molecule has 1 aromatic rings. The summed E-state index contributed by atoms with van der Waals surface area (Å²) in [4.78, 5) is 13.8. The zero-order valence-electron chi connectivity index (χ0n) is 12.4. The van der Waals surface area contributed by atoms with E-state index in [1.165, 1.54) is 0 Å². The van der Waals surface area contributed by atoms with Crippen molar-refractivity contribution in [2.45, 2.75) is 39.3 Å². The molecule has 0 aromatic heterocycles. The second-order valence-electron chi connectivity index (χ2n) is 5.04. The van der Waals surface area contributed by atoms with Crippen molar-refractivity contribution in [2.24, 2.45) is 0 Å². The maximum Gasteiger partial charge on any atom is 0.236 e. The molecule has 0 fully saturated rings. The summed E-state index contributed by atoms with van der Waals surface area (Å²) < 4.78 is 0. The van der Waals surface area contributed by atoms with E-state index in [2.05, 4.69) is 19.2 Å². The van der Waals surface area contributed by atoms with Crippen molar-refractivity contribution in [3.05, 3.63) is 33.8 Å². The predicted octanol–water partition coefficient (Wildman–Crippen LogP) is 3.90. The zero-order chi connectivity index (χ0) is 15.3. The van der Waals surface area contributed by atoms with Gasteiger partial charge in [0.1, 0.15) is 0 Å². The first-order valence-corrected chi connectivity index (χ1v) is 7.56. The second-order valence-corrected chi connectivity index (χ2v) is 5.88. The molecule has 2 atom stereocenters. The third-order valence-electron chi connectivity index (χ3n) is 3.60. The maximum absolute atomic E-state index is 12.2. The van der Waals surface area contributed by atoms with Gasteiger partial charge in [0, 0.05) is 23.1 Å². The quantitative estimate of drug-likeness (QED) is 0.863. The number of nitrogens with zero attached hydrogens (tertiary/aromatic N) is 1. The number of likely N-dealkylation sites (N-methyl/N-ethyl adjacent to an activating group) is 1. The summed E-state index contributed by atoms with van der Waals surface area (Å²) in [5.41, 5.74) is 0.899. The topological polar surface area (TPSA) is 32.3 Å². The minimum atomic E-state index is -0.0917. The molecule has 112 valence electrons. The van der Waals surface area contributed by atoms with Gasteiger partial charge in [0.15, 0.2) is 0 Å². The number of hydrogen-bond acceptors (Lipinski definition) is 2. The standard InChI is InChI=1S/C15H22Cl2N2O/c1-5-10(2)18-9-15(20)19(4)11(3)13-7-6-12(16)8-14(13)17/h6-8,10-11,18H,5,9H2,1-4H3. The van der Waals surface area contributed by atoms with Gasteiger partial charge in [0.05, 0.1) is 12.6 Å². The van der Waals surface area contributed by atoms with E-state index in [-0.39, 0.29) is 11.9 Å². The average Bonchev–Trinajstić information content (AvgIpc) is 2.42. The molecule has 0 aliphatic heterocycles. The number of amides is 1. The summed E-state index contributed by atoms with van der Waals surface area (Å²) in [5.74, 6) is 0.0452. The van der Waals surface area contributed by atoms with Crippen LogP contribution in [-0.4, -0.2) is 30.4 Å². The van der Waals surface area contributed by atoms with Crippen LogP contribution in [-0.2, 0) is 4.79 Å². The maximum atomic E-state index is 12.2. The molecular formula is C15H22Cl2N2O. The van der Waals surface area contributed by atoms with Gasteiger partial charge in [0.2, 0.25) is 5.91 Å². The van der Waals surface area contributed by atoms with Gasteiger partial charge in [0.25, 0.3) is 0 Å². The number of hydrogen-bond donors (Lipinski definition) is 1. The Kier molecular flexibility index (Phi) is 6.80. The van der Waals surface area contributed by atoms with Gasteiger partial charge in [-0.05, 0) is 38.0 Å². The van der Waals surface area contributed by atoms with Crippen LogP contribution in [0, 0.1) is 0 Å². The van der Waals surface area contributed by atoms with Crippen LogP contribution in [0.1, 0.15) is 38.8 Å². The van der Waals surface area contributed by atoms with Crippen LogP contribution < -0.4 is 5.32 Å². The first kappa shape index (κ1) is 17.3. The van der Waals surface area contributed by atoms with E-state index in [0.717, 1.165) is 12.0 Å². The number of nitrogens with one attached hydrogen (secondary N) is 1. The highest BCUT2D eigenvalue weighted by Gasteiger charge is 2.19. The molecule has 0 saturated carbocycles. The molecule has 0 aliphatic carbocycles. The van der Waals surface area contributed by atoms with Crippen LogP contribution in [0.15, 0.2) is 18.2 Å². The van der Waals surface area contributed by atoms with E-state index in [4.69, 9.17) is 23.2 Å². The van der Waals surface area contributed by atoms with Crippen molar-refractivity contribution < 1.29 is 4.79 Å². The lowest BCUT2D eigenvalue weighted by Gasteiger charge is -2.27. The van der Waals surface area contributed by atoms with Gasteiger partial charge in [-0.1, -0.05) is 36.2 Å². The number of halogens is 2. The van der Waals surface area contributed by atoms with Gasteiger partial charge in [-0.3, -0.25) is 4.79 Å². The van der Waals surface area contributed by atoms with E-state index >= 15 is 0 Å². The Balaban J connectivity index is 2.70. The second kappa shape index (κ2) is 7.87. The monoisotopic (exact) mass is 316 g/mol. The van der Waals surface area contributed by atoms with Gasteiger partial charge in [-0.25, -0.2) is 0 Å². The number of rotatable bonds is 6. The Morgan fingerprint density at radius 1 is 1.35 bits per heavy atom. The van der Waals surface area contributed by atoms with E-state index in [1.807, 2.05) is 13.0 Å². The highest BCUT2D eigenvalue weighted by Crippen LogP contribution is 2.28. The van der Waals surface area contributed by atoms with Crippen molar-refractivity contribution in [2.75, 3.05) is 13.6 Å². The number of benzene rings is 1. The fourth-order valence-electron chi connectivity index (χ4n) is 1.80. The largest absolute Gasteiger partial charge is 0.338 e. The van der Waals surface area contributed by atoms with Crippen molar-refractivity contribution in [1.82, 2.24) is 10.2 Å². The molecule has 1 N–H and O–H groups in total. The van der Waals surface area contributed by atoms with Crippen LogP contribution in [0.4, 0.5) is 0 Å². The lowest BCUT2D eigenvalue weighted by Crippen LogP contribution is -2.40. The van der Waals surface area contributed by atoms with Crippen molar-refractivity contribution >= 4 is 29.1 Å². The Labute approximate surface area is 131 Å². The van der Waals surface area contributed by atoms with Gasteiger partial charge in [-0.2, -0.15) is 0 Å². The summed E-state index contributed by atoms with van der Waals surface area (Å²) in [6.07, 6.45) is 0.996. The SMILES string of the molecule is CCC(C)NCC(=O)N(C)C(C)c1ccc(Cl)cc1Cl. The molecule has 0 aliphatic rings. The van der Waals surface area contributed by atoms with Crippen LogP contribution in [0.2, 0.25) is 10.0 Å². The Bertz CT molecular complexity index is 465. The first-order chi connectivity index (χ1) is 9.36. The molecule has 1 rings (SSSR count). The van der Waals surface area contributed by atoms with Crippen LogP contribution in [0.3, 0.4) is 0 Å². The van der Waals surface area contributed by atoms with E-state index in [0.29, 0.717) is 22.6 Å². The van der Waals surface area contributed by atoms with Crippen LogP contribution >= 0.6 is 23.2 Å². The van der Waals surface area contributed by atoms with Crippen LogP contribution in [0.25, 0.3) is 0 Å². The fourth-order valence-corrected chi connectivity index (χ4v) is 2.36. The van der Waals surface area contributed by atoms with Gasteiger partial charge < -0.3 is 10.2 Å². The minimum absolute atomic E-state index is 0.0452. The fraction of sp³-hybridized carbons (Fsp3) is 0.533. The van der Waals surface area contributed by atoms with Crippen LogP contribution in [0.5, 0.6) is 0 Å². The molecule has 20 heavy (non-hydrogen) atoms. The molecule has 0 saturated heterocycles. The Hall–Kier alpha value is -0.770. The summed E-state index contributed by atoms with van der Waals surface area (Å²) in [5, 5.41) is 4.38. The lowest BCUT2D eigenvalue weighted by atomic mass is 10.1. The Morgan fingerprint density at radius 3 is 2.55 bits per heavy atom.